The maximum absolute atomic E-state index is 12.4. The predicted molar refractivity (Wildman–Crippen MR) is 108 cm³/mol. The van der Waals surface area contributed by atoms with Crippen LogP contribution in [0.4, 0.5) is 5.69 Å². The molecule has 0 aliphatic heterocycles. The molecule has 0 aliphatic rings. The van der Waals surface area contributed by atoms with Gasteiger partial charge in [-0.3, -0.25) is 4.79 Å². The third-order valence-corrected chi connectivity index (χ3v) is 4.31. The van der Waals surface area contributed by atoms with Gasteiger partial charge in [-0.25, -0.2) is 0 Å². The van der Waals surface area contributed by atoms with Gasteiger partial charge < -0.3 is 5.32 Å². The van der Waals surface area contributed by atoms with Gasteiger partial charge in [0.2, 0.25) is 0 Å². The number of unbranched alkanes of at least 4 members (excludes halogenated alkanes) is 1. The lowest BCUT2D eigenvalue weighted by Gasteiger charge is -2.07. The summed E-state index contributed by atoms with van der Waals surface area (Å²) in [6.45, 7) is 6.43. The number of amides is 1. The molecule has 0 aromatic heterocycles. The van der Waals surface area contributed by atoms with Crippen LogP contribution in [0.1, 0.15) is 56.2 Å². The molecule has 2 rings (SSSR count). The van der Waals surface area contributed by atoms with Crippen LogP contribution in [0, 0.1) is 11.3 Å². The summed E-state index contributed by atoms with van der Waals surface area (Å²) in [4.78, 5) is 12.4. The van der Waals surface area contributed by atoms with Crippen molar-refractivity contribution >= 4 is 17.7 Å². The summed E-state index contributed by atoms with van der Waals surface area (Å²) in [6, 6.07) is 17.7. The van der Waals surface area contributed by atoms with Crippen molar-refractivity contribution in [1.82, 2.24) is 0 Å². The molecule has 2 aromatic rings. The Morgan fingerprint density at radius 1 is 1.12 bits per heavy atom. The largest absolute Gasteiger partial charge is 0.321 e. The van der Waals surface area contributed by atoms with Crippen molar-refractivity contribution in [3.63, 3.8) is 0 Å². The number of benzene rings is 2. The smallest absolute Gasteiger partial charge is 0.266 e. The number of hydrogen-bond donors (Lipinski definition) is 1. The van der Waals surface area contributed by atoms with E-state index in [0.717, 1.165) is 24.8 Å². The Labute approximate surface area is 156 Å². The van der Waals surface area contributed by atoms with E-state index in [1.165, 1.54) is 11.1 Å². The topological polar surface area (TPSA) is 52.9 Å². The van der Waals surface area contributed by atoms with Crippen molar-refractivity contribution in [2.45, 2.75) is 46.0 Å². The van der Waals surface area contributed by atoms with Crippen molar-refractivity contribution in [3.8, 4) is 6.07 Å². The highest BCUT2D eigenvalue weighted by Crippen LogP contribution is 2.17. The van der Waals surface area contributed by atoms with Crippen molar-refractivity contribution in [1.29, 1.82) is 5.26 Å². The molecule has 0 saturated carbocycles. The first-order chi connectivity index (χ1) is 12.5. The molecule has 0 saturated heterocycles. The summed E-state index contributed by atoms with van der Waals surface area (Å²) in [5.41, 5.74) is 4.12. The van der Waals surface area contributed by atoms with Gasteiger partial charge in [0.25, 0.3) is 5.91 Å². The minimum absolute atomic E-state index is 0.0948. The molecule has 1 amide bonds. The second-order valence-corrected chi connectivity index (χ2v) is 6.75. The van der Waals surface area contributed by atoms with E-state index < -0.39 is 0 Å². The lowest BCUT2D eigenvalue weighted by atomic mass is 10.0. The molecule has 0 bridgehead atoms. The van der Waals surface area contributed by atoms with Crippen LogP contribution in [-0.4, -0.2) is 5.91 Å². The number of rotatable bonds is 7. The highest BCUT2D eigenvalue weighted by Gasteiger charge is 2.10. The van der Waals surface area contributed by atoms with Crippen LogP contribution < -0.4 is 5.32 Å². The maximum atomic E-state index is 12.4. The van der Waals surface area contributed by atoms with E-state index in [2.05, 4.69) is 26.1 Å². The van der Waals surface area contributed by atoms with Crippen LogP contribution in [0.2, 0.25) is 0 Å². The SMILES string of the molecule is CCCCc1ccc(NC(=O)C(C#N)=Cc2ccc(C(C)C)cc2)cc1. The first-order valence-electron chi connectivity index (χ1n) is 9.15. The van der Waals surface area contributed by atoms with Gasteiger partial charge in [-0.1, -0.05) is 63.6 Å². The molecular formula is C23H26N2O. The highest BCUT2D eigenvalue weighted by atomic mass is 16.1. The van der Waals surface area contributed by atoms with Gasteiger partial charge in [-0.05, 0) is 53.7 Å². The standard InChI is InChI=1S/C23H26N2O/c1-4-5-6-18-9-13-22(14-10-18)25-23(26)21(16-24)15-19-7-11-20(12-8-19)17(2)3/h7-15,17H,4-6H2,1-3H3,(H,25,26). The van der Waals surface area contributed by atoms with E-state index in [4.69, 9.17) is 0 Å². The molecule has 0 atom stereocenters. The summed E-state index contributed by atoms with van der Waals surface area (Å²) >= 11 is 0. The van der Waals surface area contributed by atoms with Gasteiger partial charge in [0.05, 0.1) is 0 Å². The van der Waals surface area contributed by atoms with Gasteiger partial charge in [-0.15, -0.1) is 0 Å². The normalized spacial score (nSPS) is 11.3. The fourth-order valence-electron chi connectivity index (χ4n) is 2.63. The summed E-state index contributed by atoms with van der Waals surface area (Å²) < 4.78 is 0. The van der Waals surface area contributed by atoms with Crippen molar-refractivity contribution in [3.05, 3.63) is 70.8 Å². The molecule has 0 spiro atoms. The second kappa shape index (κ2) is 9.58. The average Bonchev–Trinajstić information content (AvgIpc) is 2.65. The molecule has 1 N–H and O–H groups in total. The van der Waals surface area contributed by atoms with Crippen molar-refractivity contribution in [2.24, 2.45) is 0 Å². The average molecular weight is 346 g/mol. The number of carbonyl (C=O) groups is 1. The van der Waals surface area contributed by atoms with Gasteiger partial charge >= 0.3 is 0 Å². The summed E-state index contributed by atoms with van der Waals surface area (Å²) in [6.07, 6.45) is 4.98. The zero-order chi connectivity index (χ0) is 18.9. The monoisotopic (exact) mass is 346 g/mol. The maximum Gasteiger partial charge on any atom is 0.266 e. The van der Waals surface area contributed by atoms with E-state index in [9.17, 15) is 10.1 Å². The minimum atomic E-state index is -0.387. The second-order valence-electron chi connectivity index (χ2n) is 6.75. The van der Waals surface area contributed by atoms with Crippen LogP contribution in [0.5, 0.6) is 0 Å². The molecule has 0 unspecified atom stereocenters. The summed E-state index contributed by atoms with van der Waals surface area (Å²) in [7, 11) is 0. The van der Waals surface area contributed by atoms with Gasteiger partial charge in [0, 0.05) is 5.69 Å². The van der Waals surface area contributed by atoms with E-state index >= 15 is 0 Å². The molecule has 26 heavy (non-hydrogen) atoms. The van der Waals surface area contributed by atoms with Crippen LogP contribution in [0.25, 0.3) is 6.08 Å². The van der Waals surface area contributed by atoms with E-state index in [0.29, 0.717) is 11.6 Å². The quantitative estimate of drug-likeness (QED) is 0.516. The number of carbonyl (C=O) groups excluding carboxylic acids is 1. The third-order valence-electron chi connectivity index (χ3n) is 4.31. The molecule has 2 aromatic carbocycles. The Kier molecular flexibility index (Phi) is 7.17. The highest BCUT2D eigenvalue weighted by molar-refractivity contribution is 6.09. The third kappa shape index (κ3) is 5.60. The minimum Gasteiger partial charge on any atom is -0.321 e. The Balaban J connectivity index is 2.07. The predicted octanol–water partition coefficient (Wildman–Crippen LogP) is 5.70. The van der Waals surface area contributed by atoms with Crippen LogP contribution in [0.3, 0.4) is 0 Å². The molecule has 0 aliphatic carbocycles. The lowest BCUT2D eigenvalue weighted by molar-refractivity contribution is -0.112. The Morgan fingerprint density at radius 2 is 1.77 bits per heavy atom. The van der Waals surface area contributed by atoms with Crippen molar-refractivity contribution < 1.29 is 4.79 Å². The number of anilines is 1. The van der Waals surface area contributed by atoms with Gasteiger partial charge in [-0.2, -0.15) is 5.26 Å². The molecular weight excluding hydrogens is 320 g/mol. The number of aryl methyl sites for hydroxylation is 1. The Morgan fingerprint density at radius 3 is 2.31 bits per heavy atom. The molecule has 3 nitrogen and oxygen atoms in total. The first-order valence-corrected chi connectivity index (χ1v) is 9.15. The number of hydrogen-bond acceptors (Lipinski definition) is 2. The van der Waals surface area contributed by atoms with Crippen LogP contribution >= 0.6 is 0 Å². The zero-order valence-corrected chi connectivity index (χ0v) is 15.8. The lowest BCUT2D eigenvalue weighted by Crippen LogP contribution is -2.13. The number of nitriles is 1. The molecule has 0 radical (unpaired) electrons. The van der Waals surface area contributed by atoms with Crippen LogP contribution in [-0.2, 0) is 11.2 Å². The summed E-state index contributed by atoms with van der Waals surface area (Å²) in [5, 5.41) is 12.1. The molecule has 3 heteroatoms. The van der Waals surface area contributed by atoms with Crippen LogP contribution in [0.15, 0.2) is 54.1 Å². The Hall–Kier alpha value is -2.86. The molecule has 134 valence electrons. The number of nitrogens with zero attached hydrogens (tertiary/aromatic N) is 1. The van der Waals surface area contributed by atoms with E-state index in [1.807, 2.05) is 54.6 Å². The first kappa shape index (κ1) is 19.5. The van der Waals surface area contributed by atoms with E-state index in [1.54, 1.807) is 6.08 Å². The Bertz CT molecular complexity index is 794. The fourth-order valence-corrected chi connectivity index (χ4v) is 2.63. The van der Waals surface area contributed by atoms with Gasteiger partial charge in [0.1, 0.15) is 11.6 Å². The molecule has 0 heterocycles. The van der Waals surface area contributed by atoms with E-state index in [-0.39, 0.29) is 11.5 Å². The van der Waals surface area contributed by atoms with Gasteiger partial charge in [0.15, 0.2) is 0 Å². The summed E-state index contributed by atoms with van der Waals surface area (Å²) in [5.74, 6) is 0.0637. The van der Waals surface area contributed by atoms with Crippen molar-refractivity contribution in [2.75, 3.05) is 5.32 Å². The zero-order valence-electron chi connectivity index (χ0n) is 15.8. The molecule has 0 fully saturated rings. The fraction of sp³-hybridized carbons (Fsp3) is 0.304. The number of nitrogens with one attached hydrogen (secondary N) is 1.